The van der Waals surface area contributed by atoms with E-state index in [0.29, 0.717) is 19.6 Å². The molecule has 0 aliphatic carbocycles. The minimum absolute atomic E-state index is 0.0353. The standard InChI is InChI=1S/C10H18N2O3/c1-7(6-15-3)12-5-8(4-9(12)13)10(14)11-2/h7-8H,4-6H2,1-3H3,(H,11,14)/t7-,8+/m0/s1. The molecule has 2 amide bonds. The van der Waals surface area contributed by atoms with Crippen LogP contribution in [0.15, 0.2) is 0 Å². The Hall–Kier alpha value is -1.10. The van der Waals surface area contributed by atoms with Crippen LogP contribution < -0.4 is 5.32 Å². The zero-order chi connectivity index (χ0) is 11.4. The molecule has 2 atom stereocenters. The van der Waals surface area contributed by atoms with Crippen molar-refractivity contribution < 1.29 is 14.3 Å². The fraction of sp³-hybridized carbons (Fsp3) is 0.800. The van der Waals surface area contributed by atoms with E-state index in [1.54, 1.807) is 19.1 Å². The first-order valence-electron chi connectivity index (χ1n) is 5.10. The average Bonchev–Trinajstić information content (AvgIpc) is 2.59. The number of carbonyl (C=O) groups is 2. The zero-order valence-electron chi connectivity index (χ0n) is 9.45. The lowest BCUT2D eigenvalue weighted by atomic mass is 10.1. The molecule has 1 fully saturated rings. The first-order valence-corrected chi connectivity index (χ1v) is 5.10. The van der Waals surface area contributed by atoms with Crippen molar-refractivity contribution in [1.29, 1.82) is 0 Å². The largest absolute Gasteiger partial charge is 0.383 e. The normalized spacial score (nSPS) is 23.0. The summed E-state index contributed by atoms with van der Waals surface area (Å²) in [6.45, 7) is 2.93. The molecule has 15 heavy (non-hydrogen) atoms. The van der Waals surface area contributed by atoms with Crippen molar-refractivity contribution in [2.45, 2.75) is 19.4 Å². The van der Waals surface area contributed by atoms with Gasteiger partial charge >= 0.3 is 0 Å². The van der Waals surface area contributed by atoms with Crippen LogP contribution in [0.2, 0.25) is 0 Å². The number of hydrogen-bond donors (Lipinski definition) is 1. The maximum atomic E-state index is 11.6. The molecule has 5 nitrogen and oxygen atoms in total. The molecule has 1 heterocycles. The molecule has 0 unspecified atom stereocenters. The maximum absolute atomic E-state index is 11.6. The summed E-state index contributed by atoms with van der Waals surface area (Å²) < 4.78 is 4.99. The van der Waals surface area contributed by atoms with E-state index in [1.165, 1.54) is 0 Å². The highest BCUT2D eigenvalue weighted by atomic mass is 16.5. The predicted molar refractivity (Wildman–Crippen MR) is 55.2 cm³/mol. The zero-order valence-corrected chi connectivity index (χ0v) is 9.45. The number of carbonyl (C=O) groups excluding carboxylic acids is 2. The Morgan fingerprint density at radius 3 is 2.93 bits per heavy atom. The van der Waals surface area contributed by atoms with E-state index >= 15 is 0 Å². The van der Waals surface area contributed by atoms with Crippen molar-refractivity contribution >= 4 is 11.8 Å². The molecular formula is C10H18N2O3. The van der Waals surface area contributed by atoms with Gasteiger partial charge in [0.15, 0.2) is 0 Å². The second kappa shape index (κ2) is 5.11. The SMILES string of the molecule is CNC(=O)[C@@H]1CC(=O)N([C@@H](C)COC)C1. The molecule has 1 N–H and O–H groups in total. The van der Waals surface area contributed by atoms with Gasteiger partial charge < -0.3 is 15.0 Å². The Morgan fingerprint density at radius 2 is 2.40 bits per heavy atom. The summed E-state index contributed by atoms with van der Waals surface area (Å²) in [4.78, 5) is 24.7. The summed E-state index contributed by atoms with van der Waals surface area (Å²) in [6, 6.07) is 0.0390. The van der Waals surface area contributed by atoms with Crippen LogP contribution in [0.3, 0.4) is 0 Å². The van der Waals surface area contributed by atoms with Crippen LogP contribution in [0.5, 0.6) is 0 Å². The first kappa shape index (κ1) is 12.0. The summed E-state index contributed by atoms with van der Waals surface area (Å²) in [5.74, 6) is -0.231. The summed E-state index contributed by atoms with van der Waals surface area (Å²) in [5, 5.41) is 2.57. The van der Waals surface area contributed by atoms with Crippen molar-refractivity contribution in [1.82, 2.24) is 10.2 Å². The lowest BCUT2D eigenvalue weighted by Gasteiger charge is -2.23. The fourth-order valence-corrected chi connectivity index (χ4v) is 1.87. The fourth-order valence-electron chi connectivity index (χ4n) is 1.87. The molecular weight excluding hydrogens is 196 g/mol. The minimum atomic E-state index is -0.207. The Bertz CT molecular complexity index is 255. The molecule has 0 bridgehead atoms. The summed E-state index contributed by atoms with van der Waals surface area (Å²) in [7, 11) is 3.20. The Labute approximate surface area is 89.8 Å². The second-order valence-electron chi connectivity index (χ2n) is 3.87. The number of methoxy groups -OCH3 is 1. The molecule has 0 aromatic rings. The number of amides is 2. The van der Waals surface area contributed by atoms with Gasteiger partial charge in [0.2, 0.25) is 11.8 Å². The van der Waals surface area contributed by atoms with Gasteiger partial charge in [0.05, 0.1) is 18.6 Å². The molecule has 0 spiro atoms. The van der Waals surface area contributed by atoms with Crippen LogP contribution in [0.25, 0.3) is 0 Å². The van der Waals surface area contributed by atoms with Crippen molar-refractivity contribution in [3.63, 3.8) is 0 Å². The molecule has 5 heteroatoms. The highest BCUT2D eigenvalue weighted by molar-refractivity contribution is 5.89. The van der Waals surface area contributed by atoms with E-state index in [2.05, 4.69) is 5.32 Å². The van der Waals surface area contributed by atoms with Crippen LogP contribution in [0.1, 0.15) is 13.3 Å². The third kappa shape index (κ3) is 2.68. The van der Waals surface area contributed by atoms with Crippen molar-refractivity contribution in [3.8, 4) is 0 Å². The van der Waals surface area contributed by atoms with Crippen LogP contribution in [0.4, 0.5) is 0 Å². The summed E-state index contributed by atoms with van der Waals surface area (Å²) in [5.41, 5.74) is 0. The van der Waals surface area contributed by atoms with Gasteiger partial charge in [-0.1, -0.05) is 0 Å². The highest BCUT2D eigenvalue weighted by Crippen LogP contribution is 2.20. The van der Waals surface area contributed by atoms with Gasteiger partial charge in [-0.2, -0.15) is 0 Å². The smallest absolute Gasteiger partial charge is 0.225 e. The first-order chi connectivity index (χ1) is 7.10. The minimum Gasteiger partial charge on any atom is -0.383 e. The van der Waals surface area contributed by atoms with E-state index in [9.17, 15) is 9.59 Å². The number of nitrogens with zero attached hydrogens (tertiary/aromatic N) is 1. The number of ether oxygens (including phenoxy) is 1. The number of hydrogen-bond acceptors (Lipinski definition) is 3. The van der Waals surface area contributed by atoms with Gasteiger partial charge in [-0.3, -0.25) is 9.59 Å². The Balaban J connectivity index is 2.56. The molecule has 1 aliphatic heterocycles. The third-order valence-corrected chi connectivity index (χ3v) is 2.72. The highest BCUT2D eigenvalue weighted by Gasteiger charge is 2.35. The molecule has 1 saturated heterocycles. The number of likely N-dealkylation sites (tertiary alicyclic amines) is 1. The lowest BCUT2D eigenvalue weighted by Crippen LogP contribution is -2.38. The van der Waals surface area contributed by atoms with E-state index in [-0.39, 0.29) is 23.8 Å². The molecule has 1 rings (SSSR count). The lowest BCUT2D eigenvalue weighted by molar-refractivity contribution is -0.130. The predicted octanol–water partition coefficient (Wildman–Crippen LogP) is -0.384. The molecule has 0 saturated carbocycles. The molecule has 1 aliphatic rings. The number of nitrogens with one attached hydrogen (secondary N) is 1. The molecule has 86 valence electrons. The van der Waals surface area contributed by atoms with Crippen LogP contribution in [0, 0.1) is 5.92 Å². The summed E-state index contributed by atoms with van der Waals surface area (Å²) in [6.07, 6.45) is 0.313. The van der Waals surface area contributed by atoms with Crippen LogP contribution in [-0.2, 0) is 14.3 Å². The monoisotopic (exact) mass is 214 g/mol. The Kier molecular flexibility index (Phi) is 4.08. The van der Waals surface area contributed by atoms with Crippen molar-refractivity contribution in [3.05, 3.63) is 0 Å². The van der Waals surface area contributed by atoms with E-state index < -0.39 is 0 Å². The Morgan fingerprint density at radius 1 is 1.73 bits per heavy atom. The van der Waals surface area contributed by atoms with E-state index in [1.807, 2.05) is 6.92 Å². The summed E-state index contributed by atoms with van der Waals surface area (Å²) >= 11 is 0. The van der Waals surface area contributed by atoms with Gasteiger partial charge in [-0.25, -0.2) is 0 Å². The van der Waals surface area contributed by atoms with Crippen molar-refractivity contribution in [2.24, 2.45) is 5.92 Å². The van der Waals surface area contributed by atoms with E-state index in [0.717, 1.165) is 0 Å². The van der Waals surface area contributed by atoms with Gasteiger partial charge in [-0.15, -0.1) is 0 Å². The molecule has 0 aromatic heterocycles. The van der Waals surface area contributed by atoms with Crippen LogP contribution >= 0.6 is 0 Å². The van der Waals surface area contributed by atoms with Gasteiger partial charge in [-0.05, 0) is 6.92 Å². The third-order valence-electron chi connectivity index (χ3n) is 2.72. The second-order valence-corrected chi connectivity index (χ2v) is 3.87. The van der Waals surface area contributed by atoms with E-state index in [4.69, 9.17) is 4.74 Å². The van der Waals surface area contributed by atoms with Gasteiger partial charge in [0.1, 0.15) is 0 Å². The molecule has 0 aromatic carbocycles. The average molecular weight is 214 g/mol. The maximum Gasteiger partial charge on any atom is 0.225 e. The van der Waals surface area contributed by atoms with Crippen LogP contribution in [-0.4, -0.2) is 50.1 Å². The van der Waals surface area contributed by atoms with Gasteiger partial charge in [0.25, 0.3) is 0 Å². The van der Waals surface area contributed by atoms with Crippen molar-refractivity contribution in [2.75, 3.05) is 27.3 Å². The van der Waals surface area contributed by atoms with Gasteiger partial charge in [0, 0.05) is 27.1 Å². The molecule has 0 radical (unpaired) electrons. The number of rotatable bonds is 4. The quantitative estimate of drug-likeness (QED) is 0.693. The topological polar surface area (TPSA) is 58.6 Å².